The summed E-state index contributed by atoms with van der Waals surface area (Å²) in [5, 5.41) is 14.4. The third-order valence-electron chi connectivity index (χ3n) is 3.06. The molecule has 2 rings (SSSR count). The molecule has 0 unspecified atom stereocenters. The number of amides is 1. The Hall–Kier alpha value is -1.09. The smallest absolute Gasteiger partial charge is 0.277 e. The highest BCUT2D eigenvalue weighted by Gasteiger charge is 2.12. The van der Waals surface area contributed by atoms with Gasteiger partial charge in [0.1, 0.15) is 11.5 Å². The van der Waals surface area contributed by atoms with E-state index in [4.69, 9.17) is 16.3 Å². The van der Waals surface area contributed by atoms with Gasteiger partial charge in [0.05, 0.1) is 15.2 Å². The summed E-state index contributed by atoms with van der Waals surface area (Å²) < 4.78 is 7.04. The number of benzene rings is 2. The summed E-state index contributed by atoms with van der Waals surface area (Å²) in [6.07, 6.45) is 1.41. The van der Waals surface area contributed by atoms with Crippen LogP contribution in [0.25, 0.3) is 0 Å². The van der Waals surface area contributed by atoms with Crippen molar-refractivity contribution in [2.45, 2.75) is 6.92 Å². The van der Waals surface area contributed by atoms with Crippen LogP contribution in [-0.2, 0) is 4.79 Å². The Kier molecular flexibility index (Phi) is 7.30. The van der Waals surface area contributed by atoms with E-state index in [1.807, 2.05) is 6.92 Å². The monoisotopic (exact) mass is 552 g/mol. The summed E-state index contributed by atoms with van der Waals surface area (Å²) in [4.78, 5) is 11.8. The number of carbonyl (C=O) groups excluding carboxylic acids is 1. The number of hydrogen-bond acceptors (Lipinski definition) is 4. The van der Waals surface area contributed by atoms with Crippen LogP contribution in [0.1, 0.15) is 11.1 Å². The molecular formula is C16H12Br3ClN2O3. The van der Waals surface area contributed by atoms with Gasteiger partial charge in [0.25, 0.3) is 5.91 Å². The fraction of sp³-hybridized carbons (Fsp3) is 0.125. The third kappa shape index (κ3) is 5.44. The van der Waals surface area contributed by atoms with Crippen molar-refractivity contribution in [1.29, 1.82) is 0 Å². The number of hydrogen-bond donors (Lipinski definition) is 2. The average molecular weight is 555 g/mol. The number of hydrazone groups is 1. The topological polar surface area (TPSA) is 70.9 Å². The van der Waals surface area contributed by atoms with E-state index in [1.54, 1.807) is 24.3 Å². The molecule has 5 nitrogen and oxygen atoms in total. The predicted molar refractivity (Wildman–Crippen MR) is 109 cm³/mol. The van der Waals surface area contributed by atoms with Crippen molar-refractivity contribution in [1.82, 2.24) is 5.43 Å². The van der Waals surface area contributed by atoms with Crippen LogP contribution in [0.4, 0.5) is 0 Å². The van der Waals surface area contributed by atoms with Crippen LogP contribution in [0.3, 0.4) is 0 Å². The van der Waals surface area contributed by atoms with E-state index in [1.165, 1.54) is 6.21 Å². The van der Waals surface area contributed by atoms with Gasteiger partial charge in [-0.05, 0) is 68.6 Å². The molecule has 0 aliphatic rings. The second-order valence-corrected chi connectivity index (χ2v) is 7.82. The van der Waals surface area contributed by atoms with Gasteiger partial charge in [0, 0.05) is 15.1 Å². The quantitative estimate of drug-likeness (QED) is 0.395. The van der Waals surface area contributed by atoms with E-state index in [-0.39, 0.29) is 12.4 Å². The molecule has 0 heterocycles. The van der Waals surface area contributed by atoms with Crippen LogP contribution in [0.5, 0.6) is 11.5 Å². The van der Waals surface area contributed by atoms with Gasteiger partial charge in [0.2, 0.25) is 0 Å². The summed E-state index contributed by atoms with van der Waals surface area (Å²) in [6, 6.07) is 6.81. The van der Waals surface area contributed by atoms with Crippen LogP contribution < -0.4 is 10.2 Å². The molecule has 0 fully saturated rings. The predicted octanol–water partition coefficient (Wildman–Crippen LogP) is 5.17. The van der Waals surface area contributed by atoms with Crippen molar-refractivity contribution in [2.24, 2.45) is 5.10 Å². The van der Waals surface area contributed by atoms with Crippen molar-refractivity contribution < 1.29 is 14.6 Å². The largest absolute Gasteiger partial charge is 0.506 e. The maximum absolute atomic E-state index is 11.8. The summed E-state index contributed by atoms with van der Waals surface area (Å²) in [7, 11) is 0. The van der Waals surface area contributed by atoms with Gasteiger partial charge < -0.3 is 9.84 Å². The van der Waals surface area contributed by atoms with Gasteiger partial charge in [-0.3, -0.25) is 4.79 Å². The van der Waals surface area contributed by atoms with E-state index in [0.29, 0.717) is 29.8 Å². The molecule has 132 valence electrons. The first-order valence-electron chi connectivity index (χ1n) is 6.87. The van der Waals surface area contributed by atoms with E-state index >= 15 is 0 Å². The highest BCUT2D eigenvalue weighted by atomic mass is 79.9. The Labute approximate surface area is 174 Å². The molecule has 0 saturated carbocycles. The van der Waals surface area contributed by atoms with Gasteiger partial charge in [-0.15, -0.1) is 0 Å². The van der Waals surface area contributed by atoms with Crippen LogP contribution in [0.2, 0.25) is 5.02 Å². The lowest BCUT2D eigenvalue weighted by molar-refractivity contribution is -0.123. The standard InChI is InChI=1S/C16H12Br3ClN2O3/c1-8-4-9(2-3-13(8)20)25-7-14(23)22-21-6-10-11(17)5-12(18)16(24)15(10)19/h2-6,24H,7H2,1H3,(H,22,23). The van der Waals surface area contributed by atoms with Crippen molar-refractivity contribution in [3.63, 3.8) is 0 Å². The first-order chi connectivity index (χ1) is 11.8. The van der Waals surface area contributed by atoms with E-state index in [9.17, 15) is 9.90 Å². The highest BCUT2D eigenvalue weighted by molar-refractivity contribution is 9.11. The SMILES string of the molecule is Cc1cc(OCC(=O)NN=Cc2c(Br)cc(Br)c(O)c2Br)ccc1Cl. The highest BCUT2D eigenvalue weighted by Crippen LogP contribution is 2.38. The third-order valence-corrected chi connectivity index (χ3v) is 5.55. The van der Waals surface area contributed by atoms with Crippen LogP contribution in [-0.4, -0.2) is 23.8 Å². The summed E-state index contributed by atoms with van der Waals surface area (Å²) in [6.45, 7) is 1.66. The minimum absolute atomic E-state index is 0.0393. The second-order valence-electron chi connectivity index (χ2n) is 4.91. The fourth-order valence-electron chi connectivity index (χ4n) is 1.77. The molecule has 9 heteroatoms. The number of rotatable bonds is 5. The lowest BCUT2D eigenvalue weighted by atomic mass is 10.2. The number of nitrogens with zero attached hydrogens (tertiary/aromatic N) is 1. The first-order valence-corrected chi connectivity index (χ1v) is 9.62. The number of ether oxygens (including phenoxy) is 1. The molecule has 25 heavy (non-hydrogen) atoms. The number of halogens is 4. The lowest BCUT2D eigenvalue weighted by Gasteiger charge is -2.08. The van der Waals surface area contributed by atoms with Crippen molar-refractivity contribution in [3.8, 4) is 11.5 Å². The number of phenols is 1. The summed E-state index contributed by atoms with van der Waals surface area (Å²) >= 11 is 15.8. The molecule has 0 radical (unpaired) electrons. The van der Waals surface area contributed by atoms with Crippen molar-refractivity contribution in [2.75, 3.05) is 6.61 Å². The molecule has 2 aromatic carbocycles. The minimum Gasteiger partial charge on any atom is -0.506 e. The number of aromatic hydroxyl groups is 1. The molecule has 2 aromatic rings. The zero-order chi connectivity index (χ0) is 18.6. The van der Waals surface area contributed by atoms with E-state index < -0.39 is 5.91 Å². The van der Waals surface area contributed by atoms with Gasteiger partial charge in [-0.25, -0.2) is 5.43 Å². The minimum atomic E-state index is -0.419. The average Bonchev–Trinajstić information content (AvgIpc) is 2.57. The summed E-state index contributed by atoms with van der Waals surface area (Å²) in [5.41, 5.74) is 3.80. The van der Waals surface area contributed by atoms with Crippen molar-refractivity contribution >= 4 is 71.5 Å². The van der Waals surface area contributed by atoms with Crippen molar-refractivity contribution in [3.05, 3.63) is 53.8 Å². The molecule has 1 amide bonds. The van der Waals surface area contributed by atoms with Gasteiger partial charge >= 0.3 is 0 Å². The molecule has 0 bridgehead atoms. The molecular weight excluding hydrogens is 543 g/mol. The lowest BCUT2D eigenvalue weighted by Crippen LogP contribution is -2.24. The Morgan fingerprint density at radius 3 is 2.72 bits per heavy atom. The van der Waals surface area contributed by atoms with E-state index in [2.05, 4.69) is 58.3 Å². The van der Waals surface area contributed by atoms with Crippen LogP contribution in [0.15, 0.2) is 42.8 Å². The maximum Gasteiger partial charge on any atom is 0.277 e. The zero-order valence-corrected chi connectivity index (χ0v) is 18.3. The van der Waals surface area contributed by atoms with Gasteiger partial charge in [-0.2, -0.15) is 5.10 Å². The Morgan fingerprint density at radius 1 is 1.32 bits per heavy atom. The molecule has 2 N–H and O–H groups in total. The number of nitrogens with one attached hydrogen (secondary N) is 1. The van der Waals surface area contributed by atoms with E-state index in [0.717, 1.165) is 5.56 Å². The van der Waals surface area contributed by atoms with Crippen LogP contribution in [0, 0.1) is 6.92 Å². The Balaban J connectivity index is 1.95. The maximum atomic E-state index is 11.8. The molecule has 0 aromatic heterocycles. The number of aryl methyl sites for hydroxylation is 1. The number of carbonyl (C=O) groups is 1. The second kappa shape index (κ2) is 9.02. The molecule has 0 spiro atoms. The fourth-order valence-corrected chi connectivity index (χ4v) is 4.21. The van der Waals surface area contributed by atoms with Gasteiger partial charge in [-0.1, -0.05) is 27.5 Å². The van der Waals surface area contributed by atoms with Crippen LogP contribution >= 0.6 is 59.4 Å². The molecule has 0 aliphatic heterocycles. The zero-order valence-electron chi connectivity index (χ0n) is 12.8. The number of phenolic OH excluding ortho intramolecular Hbond substituents is 1. The Morgan fingerprint density at radius 2 is 2.04 bits per heavy atom. The Bertz CT molecular complexity index is 844. The molecule has 0 saturated heterocycles. The summed E-state index contributed by atoms with van der Waals surface area (Å²) in [5.74, 6) is 0.166. The first kappa shape index (κ1) is 20.2. The molecule has 0 aliphatic carbocycles. The normalized spacial score (nSPS) is 10.9. The van der Waals surface area contributed by atoms with Gasteiger partial charge in [0.15, 0.2) is 6.61 Å². The molecule has 0 atom stereocenters.